The van der Waals surface area contributed by atoms with Gasteiger partial charge < -0.3 is 14.7 Å². The highest BCUT2D eigenvalue weighted by Gasteiger charge is 2.15. The van der Waals surface area contributed by atoms with Crippen LogP contribution in [0.3, 0.4) is 0 Å². The average Bonchev–Trinajstić information content (AvgIpc) is 3.07. The zero-order valence-corrected chi connectivity index (χ0v) is 11.7. The van der Waals surface area contributed by atoms with E-state index in [-0.39, 0.29) is 11.7 Å². The predicted octanol–water partition coefficient (Wildman–Crippen LogP) is 3.36. The average molecular weight is 338 g/mol. The van der Waals surface area contributed by atoms with Crippen LogP contribution in [0.25, 0.3) is 23.0 Å². The van der Waals surface area contributed by atoms with Gasteiger partial charge >= 0.3 is 0 Å². The molecule has 2 heterocycles. The minimum atomic E-state index is -0.344. The number of aromatic nitrogens is 2. The van der Waals surface area contributed by atoms with E-state index >= 15 is 0 Å². The summed E-state index contributed by atoms with van der Waals surface area (Å²) in [5, 5.41) is 3.86. The summed E-state index contributed by atoms with van der Waals surface area (Å²) < 4.78 is 24.2. The highest BCUT2D eigenvalue weighted by atomic mass is 79.9. The number of nitrogens with two attached hydrogens (primary N) is 1. The van der Waals surface area contributed by atoms with Crippen LogP contribution in [0.5, 0.6) is 0 Å². The van der Waals surface area contributed by atoms with Gasteiger partial charge in [0.1, 0.15) is 11.6 Å². The molecule has 0 saturated carbocycles. The molecule has 102 valence electrons. The molecule has 0 bridgehead atoms. The van der Waals surface area contributed by atoms with Crippen LogP contribution in [-0.2, 0) is 6.54 Å². The second-order valence-electron chi connectivity index (χ2n) is 4.02. The molecule has 2 N–H and O–H groups in total. The number of nitrogens with zero attached hydrogens (tertiary/aromatic N) is 2. The Labute approximate surface area is 121 Å². The third-order valence-electron chi connectivity index (χ3n) is 2.67. The Morgan fingerprint density at radius 3 is 2.80 bits per heavy atom. The van der Waals surface area contributed by atoms with Crippen molar-refractivity contribution in [2.45, 2.75) is 6.54 Å². The summed E-state index contributed by atoms with van der Waals surface area (Å²) >= 11 is 3.26. The van der Waals surface area contributed by atoms with E-state index in [0.717, 1.165) is 0 Å². The summed E-state index contributed by atoms with van der Waals surface area (Å²) in [6.45, 7) is 0.296. The predicted molar refractivity (Wildman–Crippen MR) is 73.0 cm³/mol. The molecule has 0 radical (unpaired) electrons. The first kappa shape index (κ1) is 13.0. The molecule has 0 aliphatic carbocycles. The Kier molecular flexibility index (Phi) is 3.37. The monoisotopic (exact) mass is 337 g/mol. The normalized spacial score (nSPS) is 10.9. The fraction of sp³-hybridized carbons (Fsp3) is 0.0769. The molecular formula is C13H9BrFN3O2. The lowest BCUT2D eigenvalue weighted by atomic mass is 10.2. The molecule has 0 amide bonds. The zero-order valence-electron chi connectivity index (χ0n) is 10.1. The maximum atomic E-state index is 13.1. The van der Waals surface area contributed by atoms with Crippen LogP contribution >= 0.6 is 15.9 Å². The van der Waals surface area contributed by atoms with Gasteiger partial charge in [-0.25, -0.2) is 4.39 Å². The van der Waals surface area contributed by atoms with Crippen LogP contribution in [0.2, 0.25) is 0 Å². The lowest BCUT2D eigenvalue weighted by molar-refractivity contribution is 0.412. The molecule has 0 aliphatic rings. The van der Waals surface area contributed by atoms with Crippen LogP contribution in [0.15, 0.2) is 43.7 Å². The molecule has 0 saturated heterocycles. The molecule has 20 heavy (non-hydrogen) atoms. The van der Waals surface area contributed by atoms with Gasteiger partial charge in [0.2, 0.25) is 5.82 Å². The number of rotatable bonds is 3. The van der Waals surface area contributed by atoms with Gasteiger partial charge in [-0.2, -0.15) is 4.98 Å². The lowest BCUT2D eigenvalue weighted by Crippen LogP contribution is -1.92. The van der Waals surface area contributed by atoms with Gasteiger partial charge in [-0.3, -0.25) is 0 Å². The minimum absolute atomic E-state index is 0.246. The summed E-state index contributed by atoms with van der Waals surface area (Å²) in [5.41, 5.74) is 6.10. The van der Waals surface area contributed by atoms with Crippen molar-refractivity contribution < 1.29 is 13.3 Å². The van der Waals surface area contributed by atoms with E-state index in [1.807, 2.05) is 0 Å². The number of hydrogen-bond acceptors (Lipinski definition) is 5. The standard InChI is InChI=1S/C13H9BrFN3O2/c14-10-5-7(15)1-3-9(10)12-17-13(20-18-12)11-4-2-8(6-16)19-11/h1-5H,6,16H2. The first-order valence-electron chi connectivity index (χ1n) is 5.75. The third kappa shape index (κ3) is 2.37. The number of furan rings is 1. The van der Waals surface area contributed by atoms with E-state index in [0.29, 0.717) is 33.9 Å². The number of halogens is 2. The molecule has 3 aromatic rings. The van der Waals surface area contributed by atoms with Gasteiger partial charge in [-0.15, -0.1) is 0 Å². The lowest BCUT2D eigenvalue weighted by Gasteiger charge is -1.97. The Balaban J connectivity index is 1.97. The molecule has 5 nitrogen and oxygen atoms in total. The molecule has 2 aromatic heterocycles. The first-order chi connectivity index (χ1) is 9.67. The SMILES string of the molecule is NCc1ccc(-c2nc(-c3ccc(F)cc3Br)no2)o1. The number of hydrogen-bond donors (Lipinski definition) is 1. The highest BCUT2D eigenvalue weighted by molar-refractivity contribution is 9.10. The quantitative estimate of drug-likeness (QED) is 0.792. The smallest absolute Gasteiger partial charge is 0.293 e. The van der Waals surface area contributed by atoms with Crippen LogP contribution in [0, 0.1) is 5.82 Å². The van der Waals surface area contributed by atoms with Crippen molar-refractivity contribution in [3.05, 3.63) is 46.4 Å². The minimum Gasteiger partial charge on any atom is -0.455 e. The van der Waals surface area contributed by atoms with Gasteiger partial charge in [0.25, 0.3) is 5.89 Å². The van der Waals surface area contributed by atoms with Gasteiger partial charge in [-0.1, -0.05) is 5.16 Å². The Hall–Kier alpha value is -1.99. The maximum Gasteiger partial charge on any atom is 0.293 e. The topological polar surface area (TPSA) is 78.1 Å². The van der Waals surface area contributed by atoms with Crippen molar-refractivity contribution in [1.82, 2.24) is 10.1 Å². The van der Waals surface area contributed by atoms with Crippen LogP contribution in [0.1, 0.15) is 5.76 Å². The fourth-order valence-corrected chi connectivity index (χ4v) is 2.23. The summed E-state index contributed by atoms with van der Waals surface area (Å²) in [4.78, 5) is 4.22. The van der Waals surface area contributed by atoms with Gasteiger partial charge in [0.05, 0.1) is 6.54 Å². The summed E-state index contributed by atoms with van der Waals surface area (Å²) in [6, 6.07) is 7.69. The molecule has 0 fully saturated rings. The van der Waals surface area contributed by atoms with Gasteiger partial charge in [0, 0.05) is 10.0 Å². The van der Waals surface area contributed by atoms with E-state index in [1.165, 1.54) is 12.1 Å². The second kappa shape index (κ2) is 5.18. The van der Waals surface area contributed by atoms with Crippen LogP contribution in [-0.4, -0.2) is 10.1 Å². The van der Waals surface area contributed by atoms with E-state index in [9.17, 15) is 4.39 Å². The largest absolute Gasteiger partial charge is 0.455 e. The summed E-state index contributed by atoms with van der Waals surface area (Å²) in [7, 11) is 0. The molecule has 7 heteroatoms. The Morgan fingerprint density at radius 1 is 1.25 bits per heavy atom. The first-order valence-corrected chi connectivity index (χ1v) is 6.55. The van der Waals surface area contributed by atoms with E-state index < -0.39 is 0 Å². The van der Waals surface area contributed by atoms with Crippen LogP contribution in [0.4, 0.5) is 4.39 Å². The maximum absolute atomic E-state index is 13.1. The molecule has 1 aromatic carbocycles. The fourth-order valence-electron chi connectivity index (χ4n) is 1.71. The van der Waals surface area contributed by atoms with Crippen molar-refractivity contribution in [3.63, 3.8) is 0 Å². The van der Waals surface area contributed by atoms with Crippen molar-refractivity contribution >= 4 is 15.9 Å². The van der Waals surface area contributed by atoms with E-state index in [4.69, 9.17) is 14.7 Å². The molecule has 0 spiro atoms. The molecule has 3 rings (SSSR count). The Morgan fingerprint density at radius 2 is 2.10 bits per heavy atom. The van der Waals surface area contributed by atoms with Gasteiger partial charge in [0.15, 0.2) is 5.76 Å². The van der Waals surface area contributed by atoms with Gasteiger partial charge in [-0.05, 0) is 46.3 Å². The van der Waals surface area contributed by atoms with Crippen molar-refractivity contribution in [3.8, 4) is 23.0 Å². The second-order valence-corrected chi connectivity index (χ2v) is 4.87. The van der Waals surface area contributed by atoms with Crippen molar-refractivity contribution in [1.29, 1.82) is 0 Å². The summed E-state index contributed by atoms with van der Waals surface area (Å²) in [5.74, 6) is 1.32. The zero-order chi connectivity index (χ0) is 14.1. The van der Waals surface area contributed by atoms with Crippen LogP contribution < -0.4 is 5.73 Å². The highest BCUT2D eigenvalue weighted by Crippen LogP contribution is 2.29. The molecule has 0 unspecified atom stereocenters. The molecular weight excluding hydrogens is 329 g/mol. The summed E-state index contributed by atoms with van der Waals surface area (Å²) in [6.07, 6.45) is 0. The van der Waals surface area contributed by atoms with Crippen molar-refractivity contribution in [2.75, 3.05) is 0 Å². The molecule has 0 atom stereocenters. The number of benzene rings is 1. The Bertz CT molecular complexity index is 754. The van der Waals surface area contributed by atoms with Crippen molar-refractivity contribution in [2.24, 2.45) is 5.73 Å². The molecule has 0 aliphatic heterocycles. The van der Waals surface area contributed by atoms with E-state index in [1.54, 1.807) is 18.2 Å². The van der Waals surface area contributed by atoms with E-state index in [2.05, 4.69) is 26.1 Å². The third-order valence-corrected chi connectivity index (χ3v) is 3.33.